The average molecular weight is 584 g/mol. The summed E-state index contributed by atoms with van der Waals surface area (Å²) < 4.78 is 26.3. The third-order valence-electron chi connectivity index (χ3n) is 7.95. The second-order valence-electron chi connectivity index (χ2n) is 10.3. The number of anilines is 1. The van der Waals surface area contributed by atoms with Crippen LogP contribution in [0.3, 0.4) is 0 Å². The lowest BCUT2D eigenvalue weighted by atomic mass is 9.83. The normalized spacial score (nSPS) is 21.8. The maximum absolute atomic E-state index is 13.5. The van der Waals surface area contributed by atoms with E-state index in [2.05, 4.69) is 12.1 Å². The van der Waals surface area contributed by atoms with Crippen molar-refractivity contribution in [1.29, 1.82) is 0 Å². The largest absolute Gasteiger partial charge is 1.00 e. The molecule has 6 rings (SSSR count). The summed E-state index contributed by atoms with van der Waals surface area (Å²) in [7, 11) is 0. The van der Waals surface area contributed by atoms with E-state index in [4.69, 9.17) is 9.47 Å². The second-order valence-corrected chi connectivity index (χ2v) is 10.3. The predicted molar refractivity (Wildman–Crippen MR) is 143 cm³/mol. The van der Waals surface area contributed by atoms with Crippen molar-refractivity contribution in [3.8, 4) is 5.75 Å². The molecule has 38 heavy (non-hydrogen) atoms. The van der Waals surface area contributed by atoms with Gasteiger partial charge in [-0.3, -0.25) is 4.90 Å². The molecule has 3 aliphatic heterocycles. The van der Waals surface area contributed by atoms with Gasteiger partial charge in [-0.15, -0.1) is 0 Å². The first-order valence-corrected chi connectivity index (χ1v) is 13.4. The highest BCUT2D eigenvalue weighted by atomic mass is 79.9. The molecule has 0 aromatic heterocycles. The number of quaternary nitrogens is 1. The van der Waals surface area contributed by atoms with E-state index in [9.17, 15) is 9.18 Å². The molecule has 5 nitrogen and oxygen atoms in total. The number of fused-ring (bicyclic) bond motifs is 3. The Hall–Kier alpha value is -2.90. The zero-order chi connectivity index (χ0) is 25.7. The molecule has 1 amide bonds. The number of piperidine rings is 3. The van der Waals surface area contributed by atoms with Gasteiger partial charge in [0.2, 0.25) is 0 Å². The van der Waals surface area contributed by atoms with Gasteiger partial charge in [0.1, 0.15) is 18.1 Å². The maximum Gasteiger partial charge on any atom is 0.415 e. The number of rotatable bonds is 9. The van der Waals surface area contributed by atoms with Crippen LogP contribution in [0, 0.1) is 11.7 Å². The fraction of sp³-hybridized carbons (Fsp3) is 0.387. The highest BCUT2D eigenvalue weighted by Crippen LogP contribution is 2.36. The number of ether oxygens (including phenoxy) is 2. The Morgan fingerprint density at radius 3 is 2.26 bits per heavy atom. The zero-order valence-corrected chi connectivity index (χ0v) is 23.5. The van der Waals surface area contributed by atoms with Crippen LogP contribution in [0.15, 0.2) is 78.9 Å². The predicted octanol–water partition coefficient (Wildman–Crippen LogP) is 3.22. The lowest BCUT2D eigenvalue weighted by Gasteiger charge is -2.52. The number of amides is 1. The van der Waals surface area contributed by atoms with Crippen LogP contribution >= 0.6 is 0 Å². The summed E-state index contributed by atoms with van der Waals surface area (Å²) in [5.41, 5.74) is 2.94. The molecular weight excluding hydrogens is 547 g/mol. The fourth-order valence-corrected chi connectivity index (χ4v) is 5.79. The maximum atomic E-state index is 13.5. The van der Waals surface area contributed by atoms with E-state index in [0.29, 0.717) is 19.1 Å². The molecule has 3 saturated heterocycles. The molecule has 3 aromatic rings. The number of hydrogen-bond acceptors (Lipinski definition) is 3. The summed E-state index contributed by atoms with van der Waals surface area (Å²) in [6.07, 6.45) is 2.75. The molecule has 0 radical (unpaired) electrons. The minimum absolute atomic E-state index is 0. The molecular formula is C31H36BrFN2O3. The van der Waals surface area contributed by atoms with E-state index < -0.39 is 0 Å². The van der Waals surface area contributed by atoms with Crippen molar-refractivity contribution >= 4 is 11.8 Å². The number of benzene rings is 3. The van der Waals surface area contributed by atoms with Crippen LogP contribution in [0.2, 0.25) is 0 Å². The van der Waals surface area contributed by atoms with Crippen molar-refractivity contribution in [2.45, 2.75) is 38.8 Å². The lowest BCUT2D eigenvalue weighted by molar-refractivity contribution is -0.945. The average Bonchev–Trinajstić information content (AvgIpc) is 2.94. The number of nitrogens with zero attached hydrogens (tertiary/aromatic N) is 2. The Bertz CT molecular complexity index is 1170. The van der Waals surface area contributed by atoms with Gasteiger partial charge in [0, 0.05) is 30.9 Å². The molecule has 0 N–H and O–H groups in total. The van der Waals surface area contributed by atoms with Crippen LogP contribution in [0.4, 0.5) is 14.9 Å². The number of para-hydroxylation sites is 1. The van der Waals surface area contributed by atoms with Gasteiger partial charge in [0.15, 0.2) is 6.10 Å². The summed E-state index contributed by atoms with van der Waals surface area (Å²) in [4.78, 5) is 15.2. The van der Waals surface area contributed by atoms with Crippen molar-refractivity contribution in [1.82, 2.24) is 0 Å². The number of carbonyl (C=O) groups is 1. The molecule has 0 saturated carbocycles. The van der Waals surface area contributed by atoms with Crippen LogP contribution in [-0.2, 0) is 17.7 Å². The topological polar surface area (TPSA) is 38.8 Å². The Morgan fingerprint density at radius 1 is 0.947 bits per heavy atom. The van der Waals surface area contributed by atoms with Crippen LogP contribution in [0.5, 0.6) is 5.75 Å². The van der Waals surface area contributed by atoms with Crippen LogP contribution in [0.1, 0.15) is 30.9 Å². The molecule has 0 aliphatic carbocycles. The molecule has 3 aliphatic rings. The van der Waals surface area contributed by atoms with Gasteiger partial charge in [-0.2, -0.15) is 0 Å². The Morgan fingerprint density at radius 2 is 1.61 bits per heavy atom. The van der Waals surface area contributed by atoms with Crippen LogP contribution in [0.25, 0.3) is 0 Å². The van der Waals surface area contributed by atoms with E-state index >= 15 is 0 Å². The third kappa shape index (κ3) is 6.75. The molecule has 202 valence electrons. The molecule has 0 unspecified atom stereocenters. The summed E-state index contributed by atoms with van der Waals surface area (Å²) in [6.45, 7) is 7.21. The van der Waals surface area contributed by atoms with Crippen LogP contribution in [-0.4, -0.2) is 49.5 Å². The van der Waals surface area contributed by atoms with E-state index in [1.165, 1.54) is 17.7 Å². The van der Waals surface area contributed by atoms with E-state index in [-0.39, 0.29) is 35.0 Å². The SMILES string of the molecule is CCOc1ccc(CC[N+]23CCC(CC2)[C@@H](OC(=O)N(Cc2ccc(F)cc2)c2ccccc2)C3)cc1.[Br-]. The number of halogens is 2. The molecule has 3 fully saturated rings. The first-order chi connectivity index (χ1) is 18.0. The Labute approximate surface area is 235 Å². The summed E-state index contributed by atoms with van der Waals surface area (Å²) in [5, 5.41) is 0. The van der Waals surface area contributed by atoms with Gasteiger partial charge >= 0.3 is 6.09 Å². The first-order valence-electron chi connectivity index (χ1n) is 13.4. The third-order valence-corrected chi connectivity index (χ3v) is 7.95. The summed E-state index contributed by atoms with van der Waals surface area (Å²) >= 11 is 0. The zero-order valence-electron chi connectivity index (χ0n) is 21.9. The first kappa shape index (κ1) is 28.1. The van der Waals surface area contributed by atoms with Gasteiger partial charge in [-0.05, 0) is 54.4 Å². The molecule has 3 aromatic carbocycles. The summed E-state index contributed by atoms with van der Waals surface area (Å²) in [5.74, 6) is 1.04. The Kier molecular flexibility index (Phi) is 9.44. The second kappa shape index (κ2) is 12.8. The fourth-order valence-electron chi connectivity index (χ4n) is 5.79. The minimum atomic E-state index is -0.334. The lowest BCUT2D eigenvalue weighted by Crippen LogP contribution is -3.00. The van der Waals surface area contributed by atoms with E-state index in [1.54, 1.807) is 17.0 Å². The quantitative estimate of drug-likeness (QED) is 0.364. The van der Waals surface area contributed by atoms with E-state index in [0.717, 1.165) is 66.9 Å². The van der Waals surface area contributed by atoms with Gasteiger partial charge in [0.05, 0.1) is 32.8 Å². The van der Waals surface area contributed by atoms with Gasteiger partial charge < -0.3 is 30.9 Å². The number of hydrogen-bond donors (Lipinski definition) is 0. The van der Waals surface area contributed by atoms with E-state index in [1.807, 2.05) is 49.4 Å². The van der Waals surface area contributed by atoms with Crippen LogP contribution < -0.4 is 26.6 Å². The van der Waals surface area contributed by atoms with Crippen molar-refractivity contribution in [3.05, 3.63) is 95.8 Å². The monoisotopic (exact) mass is 582 g/mol. The highest BCUT2D eigenvalue weighted by molar-refractivity contribution is 5.87. The van der Waals surface area contributed by atoms with Gasteiger partial charge in [-0.1, -0.05) is 42.5 Å². The van der Waals surface area contributed by atoms with Crippen molar-refractivity contribution in [2.75, 3.05) is 37.7 Å². The molecule has 7 heteroatoms. The molecule has 2 bridgehead atoms. The standard InChI is InChI=1S/C31H36FN2O3.BrH/c1-2-36-29-14-10-24(11-15-29)16-19-34-20-17-26(18-21-34)30(23-34)37-31(35)33(28-6-4-3-5-7-28)22-25-8-12-27(32)13-9-25;/h3-15,26,30H,2,16-23H2,1H3;1H/q+1;/p-1/t26?,30-,34?;/m0./s1. The van der Waals surface area contributed by atoms with Crippen molar-refractivity contribution in [3.63, 3.8) is 0 Å². The van der Waals surface area contributed by atoms with Gasteiger partial charge in [-0.25, -0.2) is 9.18 Å². The van der Waals surface area contributed by atoms with Gasteiger partial charge in [0.25, 0.3) is 0 Å². The smallest absolute Gasteiger partial charge is 0.415 e. The molecule has 3 heterocycles. The molecule has 1 atom stereocenters. The highest BCUT2D eigenvalue weighted by Gasteiger charge is 2.47. The van der Waals surface area contributed by atoms with Crippen molar-refractivity contribution < 1.29 is 40.1 Å². The number of carbonyl (C=O) groups excluding carboxylic acids is 1. The summed E-state index contributed by atoms with van der Waals surface area (Å²) in [6, 6.07) is 24.3. The molecule has 0 spiro atoms. The minimum Gasteiger partial charge on any atom is -1.00 e. The Balaban J connectivity index is 0.00000336. The van der Waals surface area contributed by atoms with Crippen molar-refractivity contribution in [2.24, 2.45) is 5.92 Å².